The molecule has 0 unspecified atom stereocenters. The minimum absolute atomic E-state index is 0.0853. The number of carboxylic acids is 1. The summed E-state index contributed by atoms with van der Waals surface area (Å²) in [4.78, 5) is 10.2. The Hall–Kier alpha value is -0.660. The first-order valence-corrected chi connectivity index (χ1v) is 5.90. The van der Waals surface area contributed by atoms with Crippen LogP contribution in [0.2, 0.25) is 0 Å². The number of hydrogen-bond donors (Lipinski definition) is 2. The van der Waals surface area contributed by atoms with E-state index in [0.29, 0.717) is 6.42 Å². The van der Waals surface area contributed by atoms with Crippen molar-refractivity contribution in [3.8, 4) is 0 Å². The van der Waals surface area contributed by atoms with Crippen LogP contribution in [0.4, 0.5) is 0 Å². The number of aliphatic hydroxyl groups is 1. The highest BCUT2D eigenvalue weighted by Crippen LogP contribution is 2.14. The standard InChI is InChI=1S/C7H13NO5S/c9-6-1-3-8(5-6)14(12,13)4-2-7(10)11/h6,9H,1-5H2,(H,10,11)/t6-/m1/s1. The van der Waals surface area contributed by atoms with Crippen LogP contribution in [-0.4, -0.2) is 53.9 Å². The van der Waals surface area contributed by atoms with Crippen LogP contribution in [0.15, 0.2) is 0 Å². The molecule has 7 heteroatoms. The van der Waals surface area contributed by atoms with Crippen LogP contribution in [0.25, 0.3) is 0 Å². The monoisotopic (exact) mass is 223 g/mol. The lowest BCUT2D eigenvalue weighted by Crippen LogP contribution is -2.32. The van der Waals surface area contributed by atoms with Crippen molar-refractivity contribution in [3.63, 3.8) is 0 Å². The molecule has 2 N–H and O–H groups in total. The molecular formula is C7H13NO5S. The zero-order valence-corrected chi connectivity index (χ0v) is 8.40. The molecule has 1 saturated heterocycles. The second-order valence-corrected chi connectivity index (χ2v) is 5.35. The Balaban J connectivity index is 2.53. The molecule has 1 fully saturated rings. The summed E-state index contributed by atoms with van der Waals surface area (Å²) < 4.78 is 24.0. The van der Waals surface area contributed by atoms with Gasteiger partial charge in [-0.25, -0.2) is 8.42 Å². The minimum Gasteiger partial charge on any atom is -0.481 e. The molecule has 0 bridgehead atoms. The fourth-order valence-electron chi connectivity index (χ4n) is 1.31. The number of aliphatic carboxylic acids is 1. The highest BCUT2D eigenvalue weighted by Gasteiger charge is 2.30. The number of β-amino-alcohol motifs (C(OH)–C–C–N with tert-alkyl or cyclic N) is 1. The van der Waals surface area contributed by atoms with Gasteiger partial charge in [-0.3, -0.25) is 4.79 Å². The Morgan fingerprint density at radius 2 is 2.14 bits per heavy atom. The summed E-state index contributed by atoms with van der Waals surface area (Å²) in [5.41, 5.74) is 0. The summed E-state index contributed by atoms with van der Waals surface area (Å²) in [7, 11) is -3.50. The third kappa shape index (κ3) is 2.93. The van der Waals surface area contributed by atoms with Gasteiger partial charge in [-0.2, -0.15) is 4.31 Å². The first-order valence-electron chi connectivity index (χ1n) is 4.29. The van der Waals surface area contributed by atoms with E-state index >= 15 is 0 Å². The Morgan fingerprint density at radius 3 is 2.57 bits per heavy atom. The van der Waals surface area contributed by atoms with Gasteiger partial charge in [0.25, 0.3) is 0 Å². The summed E-state index contributed by atoms with van der Waals surface area (Å²) in [6, 6.07) is 0. The predicted molar refractivity (Wildman–Crippen MR) is 48.2 cm³/mol. The molecule has 0 amide bonds. The molecule has 1 atom stereocenters. The van der Waals surface area contributed by atoms with Gasteiger partial charge in [-0.15, -0.1) is 0 Å². The zero-order valence-electron chi connectivity index (χ0n) is 7.59. The van der Waals surface area contributed by atoms with Gasteiger partial charge in [0.2, 0.25) is 10.0 Å². The average Bonchev–Trinajstić information content (AvgIpc) is 2.49. The Morgan fingerprint density at radius 1 is 1.50 bits per heavy atom. The number of carboxylic acid groups (broad SMARTS) is 1. The summed E-state index contributed by atoms with van der Waals surface area (Å²) in [6.07, 6.45) is -0.587. The molecule has 14 heavy (non-hydrogen) atoms. The summed E-state index contributed by atoms with van der Waals surface area (Å²) >= 11 is 0. The smallest absolute Gasteiger partial charge is 0.304 e. The molecule has 0 spiro atoms. The number of sulfonamides is 1. The molecule has 0 aliphatic carbocycles. The van der Waals surface area contributed by atoms with Crippen molar-refractivity contribution in [2.75, 3.05) is 18.8 Å². The Bertz CT molecular complexity index is 312. The topological polar surface area (TPSA) is 94.9 Å². The van der Waals surface area contributed by atoms with Crippen LogP contribution >= 0.6 is 0 Å². The molecule has 1 aliphatic heterocycles. The number of aliphatic hydroxyl groups excluding tert-OH is 1. The fraction of sp³-hybridized carbons (Fsp3) is 0.857. The lowest BCUT2D eigenvalue weighted by atomic mass is 10.3. The molecule has 0 aromatic carbocycles. The quantitative estimate of drug-likeness (QED) is 0.628. The first kappa shape index (κ1) is 11.4. The van der Waals surface area contributed by atoms with Crippen molar-refractivity contribution >= 4 is 16.0 Å². The van der Waals surface area contributed by atoms with Crippen molar-refractivity contribution in [1.29, 1.82) is 0 Å². The van der Waals surface area contributed by atoms with E-state index in [4.69, 9.17) is 10.2 Å². The highest BCUT2D eigenvalue weighted by molar-refractivity contribution is 7.89. The molecule has 0 saturated carbocycles. The Kier molecular flexibility index (Phi) is 3.46. The van der Waals surface area contributed by atoms with Gasteiger partial charge in [0, 0.05) is 13.1 Å². The molecule has 0 aromatic rings. The van der Waals surface area contributed by atoms with E-state index in [1.165, 1.54) is 0 Å². The largest absolute Gasteiger partial charge is 0.481 e. The maximum Gasteiger partial charge on any atom is 0.304 e. The highest BCUT2D eigenvalue weighted by atomic mass is 32.2. The maximum atomic E-state index is 11.4. The number of carbonyl (C=O) groups is 1. The van der Waals surface area contributed by atoms with Gasteiger partial charge in [0.05, 0.1) is 18.3 Å². The van der Waals surface area contributed by atoms with Crippen molar-refractivity contribution in [2.24, 2.45) is 0 Å². The second-order valence-electron chi connectivity index (χ2n) is 3.26. The number of hydrogen-bond acceptors (Lipinski definition) is 4. The van der Waals surface area contributed by atoms with Crippen molar-refractivity contribution in [1.82, 2.24) is 4.31 Å². The molecule has 6 nitrogen and oxygen atoms in total. The van der Waals surface area contributed by atoms with E-state index in [0.717, 1.165) is 4.31 Å². The van der Waals surface area contributed by atoms with E-state index in [2.05, 4.69) is 0 Å². The third-order valence-corrected chi connectivity index (χ3v) is 3.93. The van der Waals surface area contributed by atoms with Crippen LogP contribution in [0.3, 0.4) is 0 Å². The first-order chi connectivity index (χ1) is 6.42. The summed E-state index contributed by atoms with van der Waals surface area (Å²) in [6.45, 7) is 0.366. The van der Waals surface area contributed by atoms with Crippen LogP contribution in [0.5, 0.6) is 0 Å². The van der Waals surface area contributed by atoms with E-state index in [-0.39, 0.29) is 13.1 Å². The molecule has 0 aromatic heterocycles. The lowest BCUT2D eigenvalue weighted by molar-refractivity contribution is -0.136. The maximum absolute atomic E-state index is 11.4. The van der Waals surface area contributed by atoms with Gasteiger partial charge in [0.15, 0.2) is 0 Å². The van der Waals surface area contributed by atoms with Gasteiger partial charge in [-0.05, 0) is 6.42 Å². The molecule has 1 aliphatic rings. The minimum atomic E-state index is -3.50. The van der Waals surface area contributed by atoms with E-state index in [1.807, 2.05) is 0 Å². The second kappa shape index (κ2) is 4.24. The number of rotatable bonds is 4. The third-order valence-electron chi connectivity index (χ3n) is 2.09. The van der Waals surface area contributed by atoms with E-state index in [9.17, 15) is 13.2 Å². The van der Waals surface area contributed by atoms with Crippen molar-refractivity contribution in [3.05, 3.63) is 0 Å². The summed E-state index contributed by atoms with van der Waals surface area (Å²) in [5.74, 6) is -1.52. The van der Waals surface area contributed by atoms with Gasteiger partial charge < -0.3 is 10.2 Å². The molecular weight excluding hydrogens is 210 g/mol. The lowest BCUT2D eigenvalue weighted by Gasteiger charge is -2.14. The average molecular weight is 223 g/mol. The van der Waals surface area contributed by atoms with Crippen molar-refractivity contribution in [2.45, 2.75) is 18.9 Å². The van der Waals surface area contributed by atoms with Crippen LogP contribution in [-0.2, 0) is 14.8 Å². The normalized spacial score (nSPS) is 23.9. The van der Waals surface area contributed by atoms with Gasteiger partial charge in [-0.1, -0.05) is 0 Å². The van der Waals surface area contributed by atoms with Crippen molar-refractivity contribution < 1.29 is 23.4 Å². The fourth-order valence-corrected chi connectivity index (χ4v) is 2.78. The number of nitrogens with zero attached hydrogens (tertiary/aromatic N) is 1. The van der Waals surface area contributed by atoms with Gasteiger partial charge in [0.1, 0.15) is 0 Å². The zero-order chi connectivity index (χ0) is 10.8. The summed E-state index contributed by atoms with van der Waals surface area (Å²) in [5, 5.41) is 17.5. The molecule has 1 rings (SSSR count). The Labute approximate surface area is 82.2 Å². The van der Waals surface area contributed by atoms with E-state index < -0.39 is 34.3 Å². The van der Waals surface area contributed by atoms with Crippen LogP contribution < -0.4 is 0 Å². The van der Waals surface area contributed by atoms with Gasteiger partial charge >= 0.3 is 5.97 Å². The van der Waals surface area contributed by atoms with E-state index in [1.54, 1.807) is 0 Å². The van der Waals surface area contributed by atoms with Crippen LogP contribution in [0, 0.1) is 0 Å². The molecule has 82 valence electrons. The predicted octanol–water partition coefficient (Wildman–Crippen LogP) is -1.14. The molecule has 1 heterocycles. The molecule has 0 radical (unpaired) electrons. The SMILES string of the molecule is O=C(O)CCS(=O)(=O)N1CC[C@@H](O)C1. The van der Waals surface area contributed by atoms with Crippen LogP contribution in [0.1, 0.15) is 12.8 Å².